The van der Waals surface area contributed by atoms with Crippen molar-refractivity contribution in [1.82, 2.24) is 0 Å². The summed E-state index contributed by atoms with van der Waals surface area (Å²) < 4.78 is 20.4. The fourth-order valence-corrected chi connectivity index (χ4v) is 5.61. The lowest BCUT2D eigenvalue weighted by molar-refractivity contribution is -0.129. The summed E-state index contributed by atoms with van der Waals surface area (Å²) in [6, 6.07) is 39.8. The van der Waals surface area contributed by atoms with E-state index in [1.807, 2.05) is 0 Å². The highest BCUT2D eigenvalue weighted by atomic mass is 16.5. The largest absolute Gasteiger partial charge is 0.465 e. The Morgan fingerprint density at radius 1 is 0.448 bits per heavy atom. The summed E-state index contributed by atoms with van der Waals surface area (Å²) >= 11 is 0. The van der Waals surface area contributed by atoms with Gasteiger partial charge in [0.25, 0.3) is 6.47 Å². The summed E-state index contributed by atoms with van der Waals surface area (Å²) in [6.07, 6.45) is 0.277. The van der Waals surface area contributed by atoms with Crippen molar-refractivity contribution in [3.63, 3.8) is 0 Å². The van der Waals surface area contributed by atoms with Gasteiger partial charge in [-0.3, -0.25) is 14.4 Å². The Morgan fingerprint density at radius 2 is 0.793 bits per heavy atom. The third-order valence-corrected chi connectivity index (χ3v) is 8.81. The molecule has 0 N–H and O–H groups in total. The molecule has 10 heteroatoms. The Labute approximate surface area is 334 Å². The molecule has 0 heterocycles. The van der Waals surface area contributed by atoms with Crippen LogP contribution in [-0.4, -0.2) is 43.1 Å². The Hall–Kier alpha value is -7.90. The van der Waals surface area contributed by atoms with Crippen molar-refractivity contribution >= 4 is 35.9 Å². The van der Waals surface area contributed by atoms with E-state index in [4.69, 9.17) is 14.2 Å². The molecule has 0 aliphatic heterocycles. The van der Waals surface area contributed by atoms with Crippen molar-refractivity contribution in [1.29, 1.82) is 0 Å². The summed E-state index contributed by atoms with van der Waals surface area (Å²) in [4.78, 5) is 72.9. The van der Waals surface area contributed by atoms with Gasteiger partial charge in [0, 0.05) is 35.1 Å². The maximum absolute atomic E-state index is 12.8. The van der Waals surface area contributed by atoms with Gasteiger partial charge >= 0.3 is 17.9 Å². The first-order valence-corrected chi connectivity index (χ1v) is 17.9. The lowest BCUT2D eigenvalue weighted by atomic mass is 10.0. The van der Waals surface area contributed by atoms with Gasteiger partial charge < -0.3 is 18.9 Å². The van der Waals surface area contributed by atoms with Crippen LogP contribution in [0, 0.1) is 11.8 Å². The van der Waals surface area contributed by atoms with Gasteiger partial charge in [-0.2, -0.15) is 0 Å². The van der Waals surface area contributed by atoms with Crippen LogP contribution in [0.3, 0.4) is 0 Å². The zero-order valence-corrected chi connectivity index (χ0v) is 31.1. The zero-order chi connectivity index (χ0) is 40.9. The molecule has 0 unspecified atom stereocenters. The second-order valence-electron chi connectivity index (χ2n) is 12.8. The highest BCUT2D eigenvalue weighted by Crippen LogP contribution is 2.18. The molecule has 0 atom stereocenters. The molecule has 0 amide bonds. The third kappa shape index (κ3) is 10.9. The normalized spacial score (nSPS) is 10.3. The van der Waals surface area contributed by atoms with Gasteiger partial charge in [0.05, 0.1) is 23.8 Å². The van der Waals surface area contributed by atoms with Crippen molar-refractivity contribution < 1.29 is 47.7 Å². The summed E-state index contributed by atoms with van der Waals surface area (Å²) in [7, 11) is 1.29. The Morgan fingerprint density at radius 3 is 1.19 bits per heavy atom. The summed E-state index contributed by atoms with van der Waals surface area (Å²) in [5.74, 6) is 5.00. The minimum absolute atomic E-state index is 0.0870. The number of ether oxygens (including phenoxy) is 4. The zero-order valence-electron chi connectivity index (χ0n) is 31.1. The smallest absolute Gasteiger partial charge is 0.343 e. The molecular formula is C48H34O10. The molecule has 0 saturated heterocycles. The van der Waals surface area contributed by atoms with Gasteiger partial charge in [-0.05, 0) is 102 Å². The van der Waals surface area contributed by atoms with Crippen LogP contribution in [0.5, 0.6) is 11.5 Å². The maximum atomic E-state index is 12.8. The third-order valence-electron chi connectivity index (χ3n) is 8.81. The molecule has 10 nitrogen and oxygen atoms in total. The quantitative estimate of drug-likeness (QED) is 0.0354. The minimum Gasteiger partial charge on any atom is -0.465 e. The highest BCUT2D eigenvalue weighted by Gasteiger charge is 2.14. The first-order valence-electron chi connectivity index (χ1n) is 17.9. The highest BCUT2D eigenvalue weighted by molar-refractivity contribution is 5.99. The van der Waals surface area contributed by atoms with Crippen LogP contribution in [0.4, 0.5) is 0 Å². The van der Waals surface area contributed by atoms with Gasteiger partial charge in [0.2, 0.25) is 0 Å². The van der Waals surface area contributed by atoms with Crippen LogP contribution < -0.4 is 9.47 Å². The number of Topliss-reactive ketones (excluding diaryl/α,β-unsaturated/α-hetero) is 2. The van der Waals surface area contributed by atoms with Crippen molar-refractivity contribution in [2.45, 2.75) is 19.4 Å². The molecule has 0 aromatic heterocycles. The topological polar surface area (TPSA) is 139 Å². The number of esters is 3. The molecule has 0 bridgehead atoms. The Balaban J connectivity index is 0.954. The van der Waals surface area contributed by atoms with Crippen molar-refractivity contribution in [3.05, 3.63) is 201 Å². The van der Waals surface area contributed by atoms with E-state index in [2.05, 4.69) is 16.6 Å². The molecule has 6 rings (SSSR count). The first kappa shape index (κ1) is 39.8. The standard InChI is InChI=1S/C48H34O10/c1-55-46(52)39-22-20-38(21-23-39)45(51)29-35-6-18-41(19-7-35)48(54)58-43-26-12-33(13-27-43)3-2-32-10-24-42(25-11-32)57-47(53)40-16-4-34(5-17-40)28-44(50)37-14-8-36(9-15-37)30-56-31-49/h4-27,31H,28-30H2,1H3. The molecule has 0 spiro atoms. The number of hydrogen-bond acceptors (Lipinski definition) is 10. The monoisotopic (exact) mass is 770 g/mol. The molecule has 0 radical (unpaired) electrons. The predicted molar refractivity (Wildman–Crippen MR) is 213 cm³/mol. The second-order valence-corrected chi connectivity index (χ2v) is 12.8. The van der Waals surface area contributed by atoms with Gasteiger partial charge in [-0.15, -0.1) is 0 Å². The SMILES string of the molecule is COC(=O)c1ccc(C(=O)Cc2ccc(C(=O)Oc3ccc(C#Cc4ccc(OC(=O)c5ccc(CC(=O)c6ccc(COC=O)cc6)cc5)cc4)cc3)cc2)cc1. The van der Waals surface area contributed by atoms with E-state index in [1.54, 1.807) is 133 Å². The Bertz CT molecular complexity index is 2490. The number of methoxy groups -OCH3 is 1. The Kier molecular flexibility index (Phi) is 13.1. The van der Waals surface area contributed by atoms with E-state index >= 15 is 0 Å². The number of ketones is 2. The van der Waals surface area contributed by atoms with E-state index in [0.717, 1.165) is 16.7 Å². The van der Waals surface area contributed by atoms with E-state index < -0.39 is 17.9 Å². The van der Waals surface area contributed by atoms with E-state index in [0.29, 0.717) is 56.9 Å². The van der Waals surface area contributed by atoms with Crippen LogP contribution in [0.15, 0.2) is 146 Å². The maximum Gasteiger partial charge on any atom is 0.343 e. The molecule has 0 saturated carbocycles. The van der Waals surface area contributed by atoms with Gasteiger partial charge in [0.15, 0.2) is 11.6 Å². The van der Waals surface area contributed by atoms with Crippen LogP contribution in [0.25, 0.3) is 0 Å². The van der Waals surface area contributed by atoms with E-state index in [9.17, 15) is 28.8 Å². The second kappa shape index (κ2) is 19.1. The molecule has 286 valence electrons. The van der Waals surface area contributed by atoms with Gasteiger partial charge in [0.1, 0.15) is 18.1 Å². The molecule has 6 aromatic rings. The number of carbonyl (C=O) groups is 6. The molecule has 58 heavy (non-hydrogen) atoms. The predicted octanol–water partition coefficient (Wildman–Crippen LogP) is 7.84. The average Bonchev–Trinajstić information content (AvgIpc) is 3.26. The van der Waals surface area contributed by atoms with Crippen molar-refractivity contribution in [2.24, 2.45) is 0 Å². The number of rotatable bonds is 14. The van der Waals surface area contributed by atoms with Crippen LogP contribution >= 0.6 is 0 Å². The van der Waals surface area contributed by atoms with Crippen LogP contribution in [0.2, 0.25) is 0 Å². The van der Waals surface area contributed by atoms with Crippen LogP contribution in [0.1, 0.15) is 79.6 Å². The lowest BCUT2D eigenvalue weighted by Crippen LogP contribution is -2.09. The van der Waals surface area contributed by atoms with Gasteiger partial charge in [-0.25, -0.2) is 14.4 Å². The van der Waals surface area contributed by atoms with Crippen molar-refractivity contribution in [3.8, 4) is 23.3 Å². The summed E-state index contributed by atoms with van der Waals surface area (Å²) in [5, 5.41) is 0. The first-order chi connectivity index (χ1) is 28.2. The number of carbonyl (C=O) groups excluding carboxylic acids is 6. The fraction of sp³-hybridized carbons (Fsp3) is 0.0833. The number of benzene rings is 6. The van der Waals surface area contributed by atoms with Crippen molar-refractivity contribution in [2.75, 3.05) is 7.11 Å². The average molecular weight is 771 g/mol. The molecule has 0 fully saturated rings. The fourth-order valence-electron chi connectivity index (χ4n) is 5.61. The summed E-state index contributed by atoms with van der Waals surface area (Å²) in [5.41, 5.74) is 5.61. The molecule has 0 aliphatic rings. The van der Waals surface area contributed by atoms with E-state index in [1.165, 1.54) is 19.2 Å². The number of hydrogen-bond donors (Lipinski definition) is 0. The van der Waals surface area contributed by atoms with E-state index in [-0.39, 0.29) is 31.0 Å². The minimum atomic E-state index is -0.552. The molecule has 0 aliphatic carbocycles. The molecular weight excluding hydrogens is 737 g/mol. The van der Waals surface area contributed by atoms with Gasteiger partial charge in [-0.1, -0.05) is 72.5 Å². The summed E-state index contributed by atoms with van der Waals surface area (Å²) in [6.45, 7) is 0.513. The molecule has 6 aromatic carbocycles. The van der Waals surface area contributed by atoms with Crippen LogP contribution in [-0.2, 0) is 33.7 Å². The lowest BCUT2D eigenvalue weighted by Gasteiger charge is -2.07.